The van der Waals surface area contributed by atoms with E-state index in [4.69, 9.17) is 0 Å². The zero-order valence-electron chi connectivity index (χ0n) is 13.2. The fourth-order valence-corrected chi connectivity index (χ4v) is 3.58. The molecule has 1 fully saturated rings. The van der Waals surface area contributed by atoms with Crippen LogP contribution in [0.15, 0.2) is 24.3 Å². The van der Waals surface area contributed by atoms with Crippen LogP contribution < -0.4 is 4.72 Å². The number of carbonyl (C=O) groups is 1. The highest BCUT2D eigenvalue weighted by atomic mass is 32.2. The first-order valence-electron chi connectivity index (χ1n) is 7.70. The van der Waals surface area contributed by atoms with E-state index in [1.807, 2.05) is 25.1 Å². The summed E-state index contributed by atoms with van der Waals surface area (Å²) in [5.41, 5.74) is 2.24. The monoisotopic (exact) mass is 324 g/mol. The van der Waals surface area contributed by atoms with Gasteiger partial charge >= 0.3 is 0 Å². The molecule has 0 bridgehead atoms. The van der Waals surface area contributed by atoms with Gasteiger partial charge in [0.15, 0.2) is 0 Å². The van der Waals surface area contributed by atoms with Crippen LogP contribution in [0.3, 0.4) is 0 Å². The SMILES string of the molecule is CNS(=O)(=O)CC(=O)N1CCCCC[C@@H]1c1cccc(C)c1. The van der Waals surface area contributed by atoms with Crippen molar-refractivity contribution in [3.63, 3.8) is 0 Å². The summed E-state index contributed by atoms with van der Waals surface area (Å²) in [6.45, 7) is 2.65. The molecule has 1 atom stereocenters. The van der Waals surface area contributed by atoms with Gasteiger partial charge in [0.05, 0.1) is 6.04 Å². The maximum Gasteiger partial charge on any atom is 0.239 e. The number of hydrogen-bond donors (Lipinski definition) is 1. The zero-order valence-corrected chi connectivity index (χ0v) is 14.0. The number of nitrogens with one attached hydrogen (secondary N) is 1. The highest BCUT2D eigenvalue weighted by Crippen LogP contribution is 2.30. The molecule has 2 rings (SSSR count). The Hall–Kier alpha value is -1.40. The summed E-state index contributed by atoms with van der Waals surface area (Å²) in [5, 5.41) is 0. The van der Waals surface area contributed by atoms with E-state index in [0.717, 1.165) is 36.8 Å². The number of likely N-dealkylation sites (tertiary alicyclic amines) is 1. The third kappa shape index (κ3) is 4.30. The molecule has 1 aliphatic heterocycles. The first-order valence-corrected chi connectivity index (χ1v) is 9.35. The molecular weight excluding hydrogens is 300 g/mol. The topological polar surface area (TPSA) is 66.5 Å². The van der Waals surface area contributed by atoms with Crippen molar-refractivity contribution in [3.05, 3.63) is 35.4 Å². The van der Waals surface area contributed by atoms with Crippen molar-refractivity contribution in [1.29, 1.82) is 0 Å². The van der Waals surface area contributed by atoms with E-state index in [-0.39, 0.29) is 11.9 Å². The molecule has 122 valence electrons. The van der Waals surface area contributed by atoms with Crippen molar-refractivity contribution in [2.75, 3.05) is 19.3 Å². The van der Waals surface area contributed by atoms with Crippen LogP contribution in [-0.2, 0) is 14.8 Å². The van der Waals surface area contributed by atoms with Crippen LogP contribution in [0.1, 0.15) is 42.9 Å². The summed E-state index contributed by atoms with van der Waals surface area (Å²) in [5.74, 6) is -0.797. The highest BCUT2D eigenvalue weighted by molar-refractivity contribution is 7.90. The molecule has 0 saturated carbocycles. The number of carbonyl (C=O) groups excluding carboxylic acids is 1. The summed E-state index contributed by atoms with van der Waals surface area (Å²) < 4.78 is 25.6. The minimum Gasteiger partial charge on any atom is -0.335 e. The van der Waals surface area contributed by atoms with Gasteiger partial charge in [-0.2, -0.15) is 0 Å². The first-order chi connectivity index (χ1) is 10.4. The van der Waals surface area contributed by atoms with Gasteiger partial charge in [0.1, 0.15) is 5.75 Å². The molecule has 1 aromatic rings. The smallest absolute Gasteiger partial charge is 0.239 e. The van der Waals surface area contributed by atoms with E-state index in [1.165, 1.54) is 7.05 Å². The Kier molecular flexibility index (Phi) is 5.58. The standard InChI is InChI=1S/C16H24N2O3S/c1-13-7-6-8-14(11-13)15-9-4-3-5-10-18(15)16(19)12-22(20,21)17-2/h6-8,11,15,17H,3-5,9-10,12H2,1-2H3/t15-/m1/s1. The molecular formula is C16H24N2O3S. The molecule has 1 amide bonds. The predicted octanol–water partition coefficient (Wildman–Crippen LogP) is 1.99. The normalized spacial score (nSPS) is 19.7. The van der Waals surface area contributed by atoms with Crippen molar-refractivity contribution >= 4 is 15.9 Å². The van der Waals surface area contributed by atoms with Crippen molar-refractivity contribution in [2.45, 2.75) is 38.6 Å². The molecule has 0 spiro atoms. The van der Waals surface area contributed by atoms with Crippen molar-refractivity contribution in [3.8, 4) is 0 Å². The number of nitrogens with zero attached hydrogens (tertiary/aromatic N) is 1. The maximum atomic E-state index is 12.5. The molecule has 22 heavy (non-hydrogen) atoms. The number of aryl methyl sites for hydroxylation is 1. The lowest BCUT2D eigenvalue weighted by molar-refractivity contribution is -0.130. The minimum atomic E-state index is -3.53. The number of sulfonamides is 1. The third-order valence-corrected chi connectivity index (χ3v) is 5.37. The maximum absolute atomic E-state index is 12.5. The van der Waals surface area contributed by atoms with E-state index in [1.54, 1.807) is 4.90 Å². The van der Waals surface area contributed by atoms with Gasteiger partial charge in [-0.25, -0.2) is 13.1 Å². The summed E-state index contributed by atoms with van der Waals surface area (Å²) in [4.78, 5) is 14.2. The number of hydrogen-bond acceptors (Lipinski definition) is 3. The van der Waals surface area contributed by atoms with Gasteiger partial charge in [0, 0.05) is 6.54 Å². The van der Waals surface area contributed by atoms with Crippen LogP contribution in [0.25, 0.3) is 0 Å². The average molecular weight is 324 g/mol. The molecule has 1 saturated heterocycles. The molecule has 6 heteroatoms. The molecule has 0 aliphatic carbocycles. The Labute approximate surface area is 132 Å². The van der Waals surface area contributed by atoms with Gasteiger partial charge in [-0.15, -0.1) is 0 Å². The Morgan fingerprint density at radius 3 is 2.77 bits per heavy atom. The Morgan fingerprint density at radius 1 is 1.32 bits per heavy atom. The average Bonchev–Trinajstić information content (AvgIpc) is 2.72. The fraction of sp³-hybridized carbons (Fsp3) is 0.562. The second-order valence-electron chi connectivity index (χ2n) is 5.83. The molecule has 0 unspecified atom stereocenters. The lowest BCUT2D eigenvalue weighted by Gasteiger charge is -2.30. The van der Waals surface area contributed by atoms with Crippen LogP contribution >= 0.6 is 0 Å². The number of rotatable bonds is 4. The van der Waals surface area contributed by atoms with Gasteiger partial charge in [-0.3, -0.25) is 4.79 Å². The second kappa shape index (κ2) is 7.24. The van der Waals surface area contributed by atoms with Crippen LogP contribution in [0.5, 0.6) is 0 Å². The van der Waals surface area contributed by atoms with Gasteiger partial charge in [-0.05, 0) is 32.4 Å². The lowest BCUT2D eigenvalue weighted by atomic mass is 9.99. The van der Waals surface area contributed by atoms with Crippen molar-refractivity contribution in [2.24, 2.45) is 0 Å². The van der Waals surface area contributed by atoms with E-state index >= 15 is 0 Å². The summed E-state index contributed by atoms with van der Waals surface area (Å²) >= 11 is 0. The highest BCUT2D eigenvalue weighted by Gasteiger charge is 2.29. The van der Waals surface area contributed by atoms with Crippen LogP contribution in [0, 0.1) is 6.92 Å². The first kappa shape index (κ1) is 17.0. The second-order valence-corrected chi connectivity index (χ2v) is 7.76. The predicted molar refractivity (Wildman–Crippen MR) is 86.9 cm³/mol. The van der Waals surface area contributed by atoms with Crippen LogP contribution in [0.4, 0.5) is 0 Å². The molecule has 1 N–H and O–H groups in total. The van der Waals surface area contributed by atoms with E-state index in [2.05, 4.69) is 10.8 Å². The van der Waals surface area contributed by atoms with E-state index in [9.17, 15) is 13.2 Å². The largest absolute Gasteiger partial charge is 0.335 e. The summed E-state index contributed by atoms with van der Waals surface area (Å²) in [6, 6.07) is 8.10. The van der Waals surface area contributed by atoms with Gasteiger partial charge in [0.25, 0.3) is 0 Å². The molecule has 0 radical (unpaired) electrons. The number of benzene rings is 1. The Balaban J connectivity index is 2.26. The summed E-state index contributed by atoms with van der Waals surface area (Å²) in [7, 11) is -2.20. The minimum absolute atomic E-state index is 0.0260. The molecule has 1 heterocycles. The van der Waals surface area contributed by atoms with E-state index in [0.29, 0.717) is 6.54 Å². The summed E-state index contributed by atoms with van der Waals surface area (Å²) in [6.07, 6.45) is 3.94. The van der Waals surface area contributed by atoms with Crippen molar-refractivity contribution < 1.29 is 13.2 Å². The zero-order chi connectivity index (χ0) is 16.2. The van der Waals surface area contributed by atoms with Gasteiger partial charge in [-0.1, -0.05) is 42.7 Å². The van der Waals surface area contributed by atoms with E-state index < -0.39 is 15.8 Å². The van der Waals surface area contributed by atoms with Crippen molar-refractivity contribution in [1.82, 2.24) is 9.62 Å². The fourth-order valence-electron chi connectivity index (χ4n) is 2.95. The third-order valence-electron chi connectivity index (χ3n) is 4.12. The van der Waals surface area contributed by atoms with Gasteiger partial charge in [0.2, 0.25) is 15.9 Å². The molecule has 0 aromatic heterocycles. The number of amides is 1. The van der Waals surface area contributed by atoms with Crippen LogP contribution in [0.2, 0.25) is 0 Å². The Morgan fingerprint density at radius 2 is 2.09 bits per heavy atom. The molecule has 5 nitrogen and oxygen atoms in total. The lowest BCUT2D eigenvalue weighted by Crippen LogP contribution is -2.40. The quantitative estimate of drug-likeness (QED) is 0.921. The molecule has 1 aromatic carbocycles. The van der Waals surface area contributed by atoms with Gasteiger partial charge < -0.3 is 4.90 Å². The Bertz CT molecular complexity index is 628. The molecule has 1 aliphatic rings. The van der Waals surface area contributed by atoms with Crippen LogP contribution in [-0.4, -0.2) is 38.6 Å².